The van der Waals surface area contributed by atoms with Crippen LogP contribution in [-0.2, 0) is 5.41 Å². The van der Waals surface area contributed by atoms with Crippen molar-refractivity contribution in [1.29, 1.82) is 0 Å². The van der Waals surface area contributed by atoms with Gasteiger partial charge in [0.2, 0.25) is 0 Å². The van der Waals surface area contributed by atoms with E-state index in [2.05, 4.69) is 133 Å². The number of hydrogen-bond donors (Lipinski definition) is 1. The predicted octanol–water partition coefficient (Wildman–Crippen LogP) is 9.06. The van der Waals surface area contributed by atoms with Crippen molar-refractivity contribution in [2.75, 3.05) is 6.54 Å². The van der Waals surface area contributed by atoms with Crippen LogP contribution in [-0.4, -0.2) is 28.4 Å². The number of aromatic nitrogens is 2. The maximum absolute atomic E-state index is 4.24. The number of aromatic amines is 1. The highest BCUT2D eigenvalue weighted by Crippen LogP contribution is 2.30. The molecule has 4 rings (SSSR count). The zero-order valence-corrected chi connectivity index (χ0v) is 25.2. The summed E-state index contributed by atoms with van der Waals surface area (Å²) in [5.74, 6) is 0. The van der Waals surface area contributed by atoms with Gasteiger partial charge in [0, 0.05) is 47.3 Å². The van der Waals surface area contributed by atoms with Gasteiger partial charge in [0.05, 0.1) is 12.9 Å². The molecule has 1 aliphatic carbocycles. The van der Waals surface area contributed by atoms with Crippen LogP contribution < -0.4 is 0 Å². The summed E-state index contributed by atoms with van der Waals surface area (Å²) < 4.78 is 0. The van der Waals surface area contributed by atoms with Crippen molar-refractivity contribution in [3.63, 3.8) is 0 Å². The van der Waals surface area contributed by atoms with E-state index in [1.54, 1.807) is 11.9 Å². The minimum absolute atomic E-state index is 0.205. The van der Waals surface area contributed by atoms with Crippen molar-refractivity contribution in [3.8, 4) is 0 Å². The monoisotopic (exact) mass is 492 g/mol. The number of hydrogen-bond acceptors (Lipinski definition) is 3. The van der Waals surface area contributed by atoms with Crippen molar-refractivity contribution in [2.24, 2.45) is 26.2 Å². The number of nitrogens with zero attached hydrogens (tertiary/aromatic N) is 3. The Hall–Kier alpha value is -2.49. The molecule has 0 saturated carbocycles. The molecule has 200 valence electrons. The van der Waals surface area contributed by atoms with Crippen LogP contribution in [0.1, 0.15) is 102 Å². The molecule has 0 amide bonds. The summed E-state index contributed by atoms with van der Waals surface area (Å²) in [5.41, 5.74) is 6.53. The molecule has 2 aliphatic heterocycles. The molecule has 4 nitrogen and oxygen atoms in total. The lowest BCUT2D eigenvalue weighted by Gasteiger charge is -2.19. The first-order chi connectivity index (χ1) is 16.4. The molecule has 1 aromatic rings. The summed E-state index contributed by atoms with van der Waals surface area (Å²) in [5, 5.41) is 0. The van der Waals surface area contributed by atoms with Gasteiger partial charge in [-0.05, 0) is 22.8 Å². The fourth-order valence-electron chi connectivity index (χ4n) is 3.38. The molecule has 36 heavy (non-hydrogen) atoms. The number of nitrogens with one attached hydrogen (secondary N) is 1. The molecule has 0 radical (unpaired) electrons. The van der Waals surface area contributed by atoms with Crippen molar-refractivity contribution >= 4 is 11.9 Å². The summed E-state index contributed by atoms with van der Waals surface area (Å²) in [6.07, 6.45) is 20.5. The summed E-state index contributed by atoms with van der Waals surface area (Å²) in [6.45, 7) is 27.3. The highest BCUT2D eigenvalue weighted by atomic mass is 14.9. The average molecular weight is 493 g/mol. The minimum atomic E-state index is 0.205. The van der Waals surface area contributed by atoms with Gasteiger partial charge >= 0.3 is 0 Å². The molecule has 1 aromatic heterocycles. The number of allylic oxidation sites excluding steroid dienone is 6. The van der Waals surface area contributed by atoms with E-state index in [4.69, 9.17) is 0 Å². The van der Waals surface area contributed by atoms with Crippen molar-refractivity contribution in [1.82, 2.24) is 9.97 Å². The van der Waals surface area contributed by atoms with E-state index in [1.165, 1.54) is 17.0 Å². The van der Waals surface area contributed by atoms with E-state index in [0.29, 0.717) is 10.8 Å². The lowest BCUT2D eigenvalue weighted by Crippen LogP contribution is -2.17. The zero-order valence-electron chi connectivity index (χ0n) is 25.2. The van der Waals surface area contributed by atoms with Gasteiger partial charge in [0.25, 0.3) is 0 Å². The normalized spacial score (nSPS) is 16.7. The zero-order chi connectivity index (χ0) is 27.6. The van der Waals surface area contributed by atoms with Gasteiger partial charge < -0.3 is 4.98 Å². The Morgan fingerprint density at radius 2 is 1.42 bits per heavy atom. The Morgan fingerprint density at radius 3 is 1.64 bits per heavy atom. The Kier molecular flexibility index (Phi) is 11.5. The molecule has 4 heteroatoms. The lowest BCUT2D eigenvalue weighted by molar-refractivity contribution is 0.496. The highest BCUT2D eigenvalue weighted by Gasteiger charge is 2.19. The third-order valence-corrected chi connectivity index (χ3v) is 6.07. The van der Waals surface area contributed by atoms with Crippen LogP contribution in [0, 0.1) is 16.2 Å². The van der Waals surface area contributed by atoms with Crippen LogP contribution in [0.25, 0.3) is 0 Å². The minimum Gasteiger partial charge on any atom is -0.348 e. The molecular weight excluding hydrogens is 440 g/mol. The summed E-state index contributed by atoms with van der Waals surface area (Å²) in [4.78, 5) is 15.4. The second-order valence-corrected chi connectivity index (χ2v) is 13.6. The van der Waals surface area contributed by atoms with Crippen molar-refractivity contribution in [2.45, 2.75) is 101 Å². The third-order valence-electron chi connectivity index (χ3n) is 6.07. The van der Waals surface area contributed by atoms with E-state index in [-0.39, 0.29) is 10.8 Å². The van der Waals surface area contributed by atoms with Crippen LogP contribution >= 0.6 is 0 Å². The SMILES string of the molecule is CC(C)(C)C1=CC=CC1.CC(C)(C)C1=CCN=C1.CC(C)(C)C1=NC=CC1.CC(C)(C)c1cnc[nH]1. The van der Waals surface area contributed by atoms with Crippen molar-refractivity contribution in [3.05, 3.63) is 65.9 Å². The van der Waals surface area contributed by atoms with Crippen molar-refractivity contribution < 1.29 is 0 Å². The summed E-state index contributed by atoms with van der Waals surface area (Å²) in [7, 11) is 0. The molecular formula is C32H52N4. The molecule has 0 atom stereocenters. The topological polar surface area (TPSA) is 53.4 Å². The van der Waals surface area contributed by atoms with Crippen LogP contribution in [0.4, 0.5) is 0 Å². The highest BCUT2D eigenvalue weighted by molar-refractivity contribution is 5.92. The van der Waals surface area contributed by atoms with Crippen LogP contribution in [0.2, 0.25) is 0 Å². The average Bonchev–Trinajstić information content (AvgIpc) is 3.57. The maximum Gasteiger partial charge on any atom is 0.0921 e. The molecule has 0 saturated heterocycles. The van der Waals surface area contributed by atoms with Gasteiger partial charge in [0.1, 0.15) is 0 Å². The first-order valence-corrected chi connectivity index (χ1v) is 13.2. The summed E-state index contributed by atoms with van der Waals surface area (Å²) >= 11 is 0. The second kappa shape index (κ2) is 13.2. The Morgan fingerprint density at radius 1 is 0.750 bits per heavy atom. The Balaban J connectivity index is 0.000000240. The molecule has 0 fully saturated rings. The van der Waals surface area contributed by atoms with Gasteiger partial charge in [-0.1, -0.05) is 119 Å². The van der Waals surface area contributed by atoms with Gasteiger partial charge in [-0.2, -0.15) is 0 Å². The van der Waals surface area contributed by atoms with Gasteiger partial charge in [0.15, 0.2) is 0 Å². The number of H-pyrrole nitrogens is 1. The molecule has 1 N–H and O–H groups in total. The Bertz CT molecular complexity index is 929. The molecule has 0 aromatic carbocycles. The molecule has 3 aliphatic rings. The first kappa shape index (κ1) is 31.5. The lowest BCUT2D eigenvalue weighted by atomic mass is 9.86. The van der Waals surface area contributed by atoms with E-state index in [1.807, 2.05) is 18.6 Å². The molecule has 0 unspecified atom stereocenters. The van der Waals surface area contributed by atoms with E-state index in [9.17, 15) is 0 Å². The Labute approximate surface area is 221 Å². The third kappa shape index (κ3) is 12.0. The smallest absolute Gasteiger partial charge is 0.0921 e. The number of imidazole rings is 1. The van der Waals surface area contributed by atoms with Gasteiger partial charge in [-0.15, -0.1) is 0 Å². The maximum atomic E-state index is 4.24. The van der Waals surface area contributed by atoms with Crippen LogP contribution in [0.15, 0.2) is 70.2 Å². The fourth-order valence-corrected chi connectivity index (χ4v) is 3.38. The fraction of sp³-hybridized carbons (Fsp3) is 0.594. The number of rotatable bonds is 0. The van der Waals surface area contributed by atoms with E-state index < -0.39 is 0 Å². The van der Waals surface area contributed by atoms with Crippen LogP contribution in [0.3, 0.4) is 0 Å². The predicted molar refractivity (Wildman–Crippen MR) is 160 cm³/mol. The number of aliphatic imine (C=N–C) groups is 2. The van der Waals surface area contributed by atoms with Gasteiger partial charge in [-0.3, -0.25) is 9.98 Å². The second-order valence-electron chi connectivity index (χ2n) is 13.6. The molecule has 0 spiro atoms. The molecule has 3 heterocycles. The van der Waals surface area contributed by atoms with E-state index >= 15 is 0 Å². The van der Waals surface area contributed by atoms with E-state index in [0.717, 1.165) is 19.4 Å². The quantitative estimate of drug-likeness (QED) is 0.386. The summed E-state index contributed by atoms with van der Waals surface area (Å²) in [6, 6.07) is 0. The first-order valence-electron chi connectivity index (χ1n) is 13.2. The standard InChI is InChI=1S/C9H14.2C8H13N.C7H12N2/c1-9(2,3)8-6-4-5-7-8;1-8(2,3)7-4-5-9-6-7;1-8(2,3)7-5-4-6-9-7;1-7(2,3)6-4-8-5-9-6/h4-6H,7H2,1-3H3;2*4,6H,5H2,1-3H3;4-5H,1-3H3,(H,8,9). The largest absolute Gasteiger partial charge is 0.348 e. The molecule has 0 bridgehead atoms. The van der Waals surface area contributed by atoms with Gasteiger partial charge in [-0.25, -0.2) is 4.98 Å². The van der Waals surface area contributed by atoms with Crippen LogP contribution in [0.5, 0.6) is 0 Å².